The predicted octanol–water partition coefficient (Wildman–Crippen LogP) is 3.36. The molecule has 1 aromatic heterocycles. The fourth-order valence-electron chi connectivity index (χ4n) is 3.43. The van der Waals surface area contributed by atoms with Crippen molar-refractivity contribution in [1.82, 2.24) is 15.2 Å². The summed E-state index contributed by atoms with van der Waals surface area (Å²) in [6.45, 7) is 3.86. The SMILES string of the molecule is CC(NC(Cc1ccccc1)C(=O)N1CCCCC1)c1cccnc1. The van der Waals surface area contributed by atoms with Gasteiger partial charge in [0.2, 0.25) is 5.91 Å². The first-order valence-electron chi connectivity index (χ1n) is 9.23. The summed E-state index contributed by atoms with van der Waals surface area (Å²) in [6, 6.07) is 14.1. The summed E-state index contributed by atoms with van der Waals surface area (Å²) in [4.78, 5) is 19.3. The van der Waals surface area contributed by atoms with Crippen molar-refractivity contribution >= 4 is 5.91 Å². The van der Waals surface area contributed by atoms with Crippen molar-refractivity contribution in [1.29, 1.82) is 0 Å². The van der Waals surface area contributed by atoms with Crippen LogP contribution in [-0.2, 0) is 11.2 Å². The molecule has 4 heteroatoms. The Balaban J connectivity index is 1.74. The molecule has 2 atom stereocenters. The lowest BCUT2D eigenvalue weighted by atomic mass is 10.0. The summed E-state index contributed by atoms with van der Waals surface area (Å²) in [5.74, 6) is 0.222. The maximum atomic E-state index is 13.1. The van der Waals surface area contributed by atoms with Gasteiger partial charge in [0.25, 0.3) is 0 Å². The average molecular weight is 337 g/mol. The zero-order valence-corrected chi connectivity index (χ0v) is 14.9. The van der Waals surface area contributed by atoms with Crippen LogP contribution in [0.5, 0.6) is 0 Å². The molecular formula is C21H27N3O. The van der Waals surface area contributed by atoms with E-state index in [1.807, 2.05) is 35.4 Å². The molecule has 2 heterocycles. The van der Waals surface area contributed by atoms with Crippen LogP contribution in [0.15, 0.2) is 54.9 Å². The molecule has 4 nitrogen and oxygen atoms in total. The second-order valence-electron chi connectivity index (χ2n) is 6.80. The van der Waals surface area contributed by atoms with Crippen LogP contribution in [0.25, 0.3) is 0 Å². The van der Waals surface area contributed by atoms with Gasteiger partial charge >= 0.3 is 0 Å². The highest BCUT2D eigenvalue weighted by atomic mass is 16.2. The molecule has 1 amide bonds. The maximum Gasteiger partial charge on any atom is 0.240 e. The quantitative estimate of drug-likeness (QED) is 0.879. The number of rotatable bonds is 6. The number of hydrogen-bond acceptors (Lipinski definition) is 3. The van der Waals surface area contributed by atoms with Crippen molar-refractivity contribution in [3.05, 3.63) is 66.0 Å². The number of likely N-dealkylation sites (tertiary alicyclic amines) is 1. The molecule has 132 valence electrons. The van der Waals surface area contributed by atoms with E-state index in [0.29, 0.717) is 6.42 Å². The van der Waals surface area contributed by atoms with E-state index in [-0.39, 0.29) is 18.0 Å². The van der Waals surface area contributed by atoms with Crippen molar-refractivity contribution < 1.29 is 4.79 Å². The summed E-state index contributed by atoms with van der Waals surface area (Å²) < 4.78 is 0. The van der Waals surface area contributed by atoms with Gasteiger partial charge in [0.15, 0.2) is 0 Å². The number of hydrogen-bond donors (Lipinski definition) is 1. The lowest BCUT2D eigenvalue weighted by molar-refractivity contribution is -0.134. The topological polar surface area (TPSA) is 45.2 Å². The summed E-state index contributed by atoms with van der Waals surface area (Å²) in [5.41, 5.74) is 2.29. The van der Waals surface area contributed by atoms with Crippen LogP contribution >= 0.6 is 0 Å². The van der Waals surface area contributed by atoms with E-state index in [1.165, 1.54) is 12.0 Å². The van der Waals surface area contributed by atoms with Crippen molar-refractivity contribution in [2.45, 2.75) is 44.7 Å². The molecule has 0 bridgehead atoms. The van der Waals surface area contributed by atoms with Crippen LogP contribution in [0.4, 0.5) is 0 Å². The average Bonchev–Trinajstić information content (AvgIpc) is 2.69. The Hall–Kier alpha value is -2.20. The Bertz CT molecular complexity index is 653. The highest BCUT2D eigenvalue weighted by molar-refractivity contribution is 5.82. The van der Waals surface area contributed by atoms with Crippen LogP contribution in [0.2, 0.25) is 0 Å². The molecular weight excluding hydrogens is 310 g/mol. The fraction of sp³-hybridized carbons (Fsp3) is 0.429. The number of piperidine rings is 1. The highest BCUT2D eigenvalue weighted by Crippen LogP contribution is 2.16. The number of pyridine rings is 1. The first-order valence-corrected chi connectivity index (χ1v) is 9.23. The van der Waals surface area contributed by atoms with Crippen molar-refractivity contribution in [3.63, 3.8) is 0 Å². The Morgan fingerprint density at radius 1 is 1.12 bits per heavy atom. The van der Waals surface area contributed by atoms with Crippen molar-refractivity contribution in [2.75, 3.05) is 13.1 Å². The first-order chi connectivity index (χ1) is 12.2. The van der Waals surface area contributed by atoms with Gasteiger partial charge in [-0.1, -0.05) is 36.4 Å². The molecule has 0 saturated carbocycles. The number of benzene rings is 1. The highest BCUT2D eigenvalue weighted by Gasteiger charge is 2.27. The monoisotopic (exact) mass is 337 g/mol. The van der Waals surface area contributed by atoms with Gasteiger partial charge in [-0.25, -0.2) is 0 Å². The molecule has 1 fully saturated rings. The minimum absolute atomic E-state index is 0.0798. The van der Waals surface area contributed by atoms with E-state index in [2.05, 4.69) is 35.4 Å². The van der Waals surface area contributed by atoms with E-state index in [1.54, 1.807) is 6.20 Å². The van der Waals surface area contributed by atoms with Crippen molar-refractivity contribution in [2.24, 2.45) is 0 Å². The molecule has 2 aromatic rings. The van der Waals surface area contributed by atoms with E-state index < -0.39 is 0 Å². The van der Waals surface area contributed by atoms with E-state index >= 15 is 0 Å². The molecule has 1 saturated heterocycles. The van der Waals surface area contributed by atoms with Crippen LogP contribution in [0, 0.1) is 0 Å². The second kappa shape index (κ2) is 8.77. The van der Waals surface area contributed by atoms with Gasteiger partial charge in [-0.05, 0) is 49.8 Å². The van der Waals surface area contributed by atoms with Crippen LogP contribution in [0.3, 0.4) is 0 Å². The normalized spacial score (nSPS) is 17.1. The molecule has 1 aromatic carbocycles. The van der Waals surface area contributed by atoms with Gasteiger partial charge in [0, 0.05) is 31.5 Å². The third-order valence-corrected chi connectivity index (χ3v) is 4.88. The maximum absolute atomic E-state index is 13.1. The molecule has 3 rings (SSSR count). The molecule has 0 aliphatic carbocycles. The Labute approximate surface area is 150 Å². The summed E-state index contributed by atoms with van der Waals surface area (Å²) in [7, 11) is 0. The van der Waals surface area contributed by atoms with Crippen molar-refractivity contribution in [3.8, 4) is 0 Å². The minimum atomic E-state index is -0.212. The zero-order chi connectivity index (χ0) is 17.5. The van der Waals surface area contributed by atoms with Crippen LogP contribution in [0.1, 0.15) is 43.4 Å². The number of carbonyl (C=O) groups excluding carboxylic acids is 1. The predicted molar refractivity (Wildman–Crippen MR) is 100 cm³/mol. The van der Waals surface area contributed by atoms with Gasteiger partial charge in [0.1, 0.15) is 0 Å². The summed E-state index contributed by atoms with van der Waals surface area (Å²) in [5, 5.41) is 3.55. The van der Waals surface area contributed by atoms with Gasteiger partial charge in [-0.2, -0.15) is 0 Å². The zero-order valence-electron chi connectivity index (χ0n) is 14.9. The third kappa shape index (κ3) is 4.89. The van der Waals surface area contributed by atoms with Gasteiger partial charge in [-0.15, -0.1) is 0 Å². The van der Waals surface area contributed by atoms with Crippen LogP contribution < -0.4 is 5.32 Å². The number of nitrogens with zero attached hydrogens (tertiary/aromatic N) is 2. The molecule has 1 aliphatic rings. The molecule has 1 N–H and O–H groups in total. The largest absolute Gasteiger partial charge is 0.341 e. The number of carbonyl (C=O) groups is 1. The lowest BCUT2D eigenvalue weighted by Gasteiger charge is -2.32. The molecule has 2 unspecified atom stereocenters. The first kappa shape index (κ1) is 17.6. The molecule has 0 spiro atoms. The Kier molecular flexibility index (Phi) is 6.18. The van der Waals surface area contributed by atoms with E-state index in [9.17, 15) is 4.79 Å². The molecule has 1 aliphatic heterocycles. The second-order valence-corrected chi connectivity index (χ2v) is 6.80. The molecule has 25 heavy (non-hydrogen) atoms. The van der Waals surface area contributed by atoms with E-state index in [4.69, 9.17) is 0 Å². The molecule has 0 radical (unpaired) electrons. The van der Waals surface area contributed by atoms with Gasteiger partial charge in [0.05, 0.1) is 6.04 Å². The summed E-state index contributed by atoms with van der Waals surface area (Å²) >= 11 is 0. The third-order valence-electron chi connectivity index (χ3n) is 4.88. The van der Waals surface area contributed by atoms with Gasteiger partial charge < -0.3 is 4.90 Å². The Morgan fingerprint density at radius 3 is 2.56 bits per heavy atom. The fourth-order valence-corrected chi connectivity index (χ4v) is 3.43. The lowest BCUT2D eigenvalue weighted by Crippen LogP contribution is -2.49. The number of amides is 1. The van der Waals surface area contributed by atoms with Gasteiger partial charge in [-0.3, -0.25) is 15.1 Å². The number of aromatic nitrogens is 1. The Morgan fingerprint density at radius 2 is 1.88 bits per heavy atom. The van der Waals surface area contributed by atoms with Crippen LogP contribution in [-0.4, -0.2) is 34.9 Å². The smallest absolute Gasteiger partial charge is 0.240 e. The number of nitrogens with one attached hydrogen (secondary N) is 1. The summed E-state index contributed by atoms with van der Waals surface area (Å²) in [6.07, 6.45) is 7.80. The standard InChI is InChI=1S/C21H27N3O/c1-17(19-11-8-12-22-16-19)23-20(15-18-9-4-2-5-10-18)21(25)24-13-6-3-7-14-24/h2,4-5,8-12,16-17,20,23H,3,6-7,13-15H2,1H3. The minimum Gasteiger partial charge on any atom is -0.341 e. The van der Waals surface area contributed by atoms with E-state index in [0.717, 1.165) is 31.5 Å².